The van der Waals surface area contributed by atoms with E-state index in [9.17, 15) is 9.18 Å². The number of unbranched alkanes of at least 4 members (excludes halogenated alkanes) is 3. The van der Waals surface area contributed by atoms with Crippen molar-refractivity contribution < 1.29 is 23.4 Å². The molecule has 2 aromatic rings. The summed E-state index contributed by atoms with van der Waals surface area (Å²) in [6, 6.07) is 9.16. The van der Waals surface area contributed by atoms with Crippen LogP contribution in [0.5, 0.6) is 11.5 Å². The molecule has 1 aliphatic heterocycles. The fourth-order valence-corrected chi connectivity index (χ4v) is 4.00. The number of carbonyl (C=O) groups is 1. The van der Waals surface area contributed by atoms with E-state index in [0.29, 0.717) is 47.5 Å². The Morgan fingerprint density at radius 1 is 1.24 bits per heavy atom. The van der Waals surface area contributed by atoms with Crippen molar-refractivity contribution in [3.63, 3.8) is 0 Å². The number of amides is 1. The molecule has 1 unspecified atom stereocenters. The molecule has 0 spiro atoms. The highest BCUT2D eigenvalue weighted by Gasteiger charge is 2.22. The summed E-state index contributed by atoms with van der Waals surface area (Å²) in [5.74, 6) is 0.550. The molecule has 186 valence electrons. The fraction of sp³-hybridized carbons (Fsp3) is 0.480. The Kier molecular flexibility index (Phi) is 10.2. The maximum Gasteiger partial charge on any atom is 0.255 e. The minimum atomic E-state index is -0.276. The Morgan fingerprint density at radius 2 is 2.00 bits per heavy atom. The molecule has 9 heteroatoms. The van der Waals surface area contributed by atoms with Crippen LogP contribution in [0.3, 0.4) is 0 Å². The third kappa shape index (κ3) is 8.04. The third-order valence-corrected chi connectivity index (χ3v) is 6.05. The van der Waals surface area contributed by atoms with Crippen LogP contribution in [-0.4, -0.2) is 63.4 Å². The summed E-state index contributed by atoms with van der Waals surface area (Å²) >= 11 is 6.07. The monoisotopic (exact) mass is 493 g/mol. The number of ether oxygens (including phenoxy) is 3. The van der Waals surface area contributed by atoms with E-state index >= 15 is 0 Å². The molecule has 1 atom stereocenters. The lowest BCUT2D eigenvalue weighted by Crippen LogP contribution is -2.47. The van der Waals surface area contributed by atoms with E-state index in [1.807, 2.05) is 0 Å². The van der Waals surface area contributed by atoms with E-state index in [1.165, 1.54) is 25.3 Å². The Balaban J connectivity index is 1.31. The van der Waals surface area contributed by atoms with Crippen LogP contribution in [0.2, 0.25) is 5.02 Å². The zero-order valence-corrected chi connectivity index (χ0v) is 20.3. The summed E-state index contributed by atoms with van der Waals surface area (Å²) < 4.78 is 29.6. The molecule has 1 aliphatic rings. The van der Waals surface area contributed by atoms with Crippen molar-refractivity contribution in [2.24, 2.45) is 0 Å². The van der Waals surface area contributed by atoms with Crippen LogP contribution in [0.4, 0.5) is 10.1 Å². The van der Waals surface area contributed by atoms with E-state index in [-0.39, 0.29) is 17.8 Å². The second-order valence-corrected chi connectivity index (χ2v) is 8.70. The number of carbonyl (C=O) groups excluding carboxylic acids is 1. The van der Waals surface area contributed by atoms with Crippen molar-refractivity contribution in [2.45, 2.75) is 31.8 Å². The lowest BCUT2D eigenvalue weighted by atomic mass is 10.1. The minimum Gasteiger partial charge on any atom is -0.496 e. The van der Waals surface area contributed by atoms with E-state index < -0.39 is 0 Å². The molecule has 1 amide bonds. The van der Waals surface area contributed by atoms with Crippen LogP contribution >= 0.6 is 11.6 Å². The van der Waals surface area contributed by atoms with Crippen LogP contribution in [0.15, 0.2) is 36.4 Å². The first kappa shape index (κ1) is 26.1. The Bertz CT molecular complexity index is 929. The second kappa shape index (κ2) is 13.4. The minimum absolute atomic E-state index is 0.0722. The normalized spacial score (nSPS) is 16.3. The van der Waals surface area contributed by atoms with Gasteiger partial charge in [-0.25, -0.2) is 4.39 Å². The predicted molar refractivity (Wildman–Crippen MR) is 131 cm³/mol. The molecule has 3 N–H and O–H groups in total. The number of rotatable bonds is 12. The van der Waals surface area contributed by atoms with Gasteiger partial charge in [-0.3, -0.25) is 9.69 Å². The zero-order chi connectivity index (χ0) is 24.3. The number of nitrogen functional groups attached to an aromatic ring is 1. The van der Waals surface area contributed by atoms with Gasteiger partial charge in [-0.05, 0) is 49.7 Å². The molecule has 0 aromatic heterocycles. The number of benzene rings is 2. The maximum absolute atomic E-state index is 12.9. The van der Waals surface area contributed by atoms with Crippen LogP contribution in [0.25, 0.3) is 0 Å². The first-order valence-electron chi connectivity index (χ1n) is 11.6. The van der Waals surface area contributed by atoms with Crippen LogP contribution in [-0.2, 0) is 4.74 Å². The largest absolute Gasteiger partial charge is 0.496 e. The number of morpholine rings is 1. The third-order valence-electron chi connectivity index (χ3n) is 5.73. The summed E-state index contributed by atoms with van der Waals surface area (Å²) in [5, 5.41) is 3.23. The maximum atomic E-state index is 12.9. The van der Waals surface area contributed by atoms with Crippen molar-refractivity contribution >= 4 is 23.2 Å². The van der Waals surface area contributed by atoms with Gasteiger partial charge in [0.25, 0.3) is 5.91 Å². The fourth-order valence-electron chi connectivity index (χ4n) is 3.84. The van der Waals surface area contributed by atoms with E-state index in [0.717, 1.165) is 45.3 Å². The van der Waals surface area contributed by atoms with Crippen molar-refractivity contribution in [2.75, 3.05) is 52.2 Å². The standard InChI is InChI=1S/C25H33ClFN3O4/c1-32-24-15-23(28)22(26)14-21(24)25(31)29-16-20-17-30(11-13-34-20)10-4-2-3-5-12-33-19-8-6-18(27)7-9-19/h6-9,14-15,20H,2-5,10-13,16-17,28H2,1H3,(H,29,31). The summed E-state index contributed by atoms with van der Waals surface area (Å²) in [4.78, 5) is 15.0. The van der Waals surface area contributed by atoms with Gasteiger partial charge < -0.3 is 25.3 Å². The lowest BCUT2D eigenvalue weighted by Gasteiger charge is -2.33. The molecule has 34 heavy (non-hydrogen) atoms. The number of hydrogen-bond donors (Lipinski definition) is 2. The van der Waals surface area contributed by atoms with Crippen molar-refractivity contribution in [1.29, 1.82) is 0 Å². The molecule has 3 rings (SSSR count). The van der Waals surface area contributed by atoms with Crippen molar-refractivity contribution in [1.82, 2.24) is 10.2 Å². The molecule has 7 nitrogen and oxygen atoms in total. The second-order valence-electron chi connectivity index (χ2n) is 8.29. The van der Waals surface area contributed by atoms with Gasteiger partial charge in [-0.1, -0.05) is 24.4 Å². The molecule has 0 radical (unpaired) electrons. The summed E-state index contributed by atoms with van der Waals surface area (Å²) in [5.41, 5.74) is 6.49. The molecule has 0 saturated carbocycles. The van der Waals surface area contributed by atoms with E-state index in [1.54, 1.807) is 18.2 Å². The van der Waals surface area contributed by atoms with E-state index in [4.69, 9.17) is 31.5 Å². The molecular formula is C25H33ClFN3O4. The quantitative estimate of drug-likeness (QED) is 0.341. The molecule has 2 aromatic carbocycles. The Labute approximate surface area is 205 Å². The molecular weight excluding hydrogens is 461 g/mol. The number of nitrogens with one attached hydrogen (secondary N) is 1. The van der Waals surface area contributed by atoms with Gasteiger partial charge in [0.1, 0.15) is 17.3 Å². The van der Waals surface area contributed by atoms with Gasteiger partial charge in [-0.2, -0.15) is 0 Å². The molecule has 1 heterocycles. The summed E-state index contributed by atoms with van der Waals surface area (Å²) in [6.45, 7) is 4.33. The van der Waals surface area contributed by atoms with Gasteiger partial charge in [0.2, 0.25) is 0 Å². The van der Waals surface area contributed by atoms with Crippen LogP contribution in [0, 0.1) is 5.82 Å². The van der Waals surface area contributed by atoms with Gasteiger partial charge in [0, 0.05) is 25.7 Å². The number of nitrogens with two attached hydrogens (primary N) is 1. The summed E-state index contributed by atoms with van der Waals surface area (Å²) in [6.07, 6.45) is 4.18. The van der Waals surface area contributed by atoms with Crippen LogP contribution < -0.4 is 20.5 Å². The topological polar surface area (TPSA) is 86.0 Å². The van der Waals surface area contributed by atoms with Crippen molar-refractivity contribution in [3.05, 3.63) is 52.8 Å². The Morgan fingerprint density at radius 3 is 2.76 bits per heavy atom. The smallest absolute Gasteiger partial charge is 0.255 e. The lowest BCUT2D eigenvalue weighted by molar-refractivity contribution is -0.0268. The van der Waals surface area contributed by atoms with Gasteiger partial charge in [0.05, 0.1) is 42.7 Å². The molecule has 1 saturated heterocycles. The summed E-state index contributed by atoms with van der Waals surface area (Å²) in [7, 11) is 1.49. The predicted octanol–water partition coefficient (Wildman–Crippen LogP) is 4.14. The highest BCUT2D eigenvalue weighted by atomic mass is 35.5. The van der Waals surface area contributed by atoms with E-state index in [2.05, 4.69) is 10.2 Å². The molecule has 0 aliphatic carbocycles. The first-order chi connectivity index (χ1) is 16.5. The SMILES string of the molecule is COc1cc(N)c(Cl)cc1C(=O)NCC1CN(CCCCCCOc2ccc(F)cc2)CCO1. The van der Waals surface area contributed by atoms with Crippen LogP contribution in [0.1, 0.15) is 36.0 Å². The highest BCUT2D eigenvalue weighted by molar-refractivity contribution is 6.33. The average Bonchev–Trinajstić information content (AvgIpc) is 2.84. The number of halogens is 2. The average molecular weight is 494 g/mol. The number of methoxy groups -OCH3 is 1. The van der Waals surface area contributed by atoms with Gasteiger partial charge >= 0.3 is 0 Å². The Hall–Kier alpha value is -2.55. The highest BCUT2D eigenvalue weighted by Crippen LogP contribution is 2.28. The number of anilines is 1. The molecule has 0 bridgehead atoms. The first-order valence-corrected chi connectivity index (χ1v) is 12.0. The number of hydrogen-bond acceptors (Lipinski definition) is 6. The zero-order valence-electron chi connectivity index (χ0n) is 19.5. The van der Waals surface area contributed by atoms with Gasteiger partial charge in [0.15, 0.2) is 0 Å². The molecule has 1 fully saturated rings. The van der Waals surface area contributed by atoms with Gasteiger partial charge in [-0.15, -0.1) is 0 Å². The number of nitrogens with zero attached hydrogens (tertiary/aromatic N) is 1. The van der Waals surface area contributed by atoms with Crippen molar-refractivity contribution in [3.8, 4) is 11.5 Å².